The molecule has 1 heterocycles. The van der Waals surface area contributed by atoms with Gasteiger partial charge in [-0.3, -0.25) is 14.6 Å². The lowest BCUT2D eigenvalue weighted by Gasteiger charge is -2.26. The number of fused-ring (bicyclic) bond motifs is 1. The summed E-state index contributed by atoms with van der Waals surface area (Å²) in [6.45, 7) is 0. The van der Waals surface area contributed by atoms with Crippen LogP contribution < -0.4 is 15.4 Å². The van der Waals surface area contributed by atoms with E-state index in [1.54, 1.807) is 12.1 Å². The molecule has 35 heavy (non-hydrogen) atoms. The highest BCUT2D eigenvalue weighted by Crippen LogP contribution is 2.32. The largest absolute Gasteiger partial charge is 0.457 e. The second-order valence-electron chi connectivity index (χ2n) is 8.09. The molecule has 1 atom stereocenters. The van der Waals surface area contributed by atoms with Gasteiger partial charge in [-0.25, -0.2) is 4.39 Å². The van der Waals surface area contributed by atoms with Crippen LogP contribution in [0.5, 0.6) is 11.5 Å². The average molecular weight is 487 g/mol. The van der Waals surface area contributed by atoms with Gasteiger partial charge in [0.25, 0.3) is 11.8 Å². The van der Waals surface area contributed by atoms with Crippen molar-refractivity contribution in [3.63, 3.8) is 0 Å². The Balaban J connectivity index is 1.46. The summed E-state index contributed by atoms with van der Waals surface area (Å²) in [5.41, 5.74) is 0.475. The van der Waals surface area contributed by atoms with Gasteiger partial charge in [-0.05, 0) is 66.8 Å². The molecule has 3 aromatic rings. The summed E-state index contributed by atoms with van der Waals surface area (Å²) in [6, 6.07) is 10.6. The number of benzene rings is 2. The molecule has 0 radical (unpaired) electrons. The molecule has 6 nitrogen and oxygen atoms in total. The maximum atomic E-state index is 13.5. The monoisotopic (exact) mass is 487 g/mol. The number of nitrogens with one attached hydrogen (secondary N) is 2. The van der Waals surface area contributed by atoms with Gasteiger partial charge in [-0.1, -0.05) is 6.07 Å². The van der Waals surface area contributed by atoms with Crippen molar-refractivity contribution in [3.8, 4) is 11.5 Å². The van der Waals surface area contributed by atoms with Gasteiger partial charge >= 0.3 is 6.18 Å². The van der Waals surface area contributed by atoms with Crippen molar-refractivity contribution in [2.45, 2.75) is 31.5 Å². The van der Waals surface area contributed by atoms with Crippen molar-refractivity contribution in [2.75, 3.05) is 7.05 Å². The van der Waals surface area contributed by atoms with Gasteiger partial charge in [0.2, 0.25) is 0 Å². The summed E-state index contributed by atoms with van der Waals surface area (Å²) >= 11 is 0. The van der Waals surface area contributed by atoms with E-state index in [0.29, 0.717) is 42.9 Å². The lowest BCUT2D eigenvalue weighted by atomic mass is 9.88. The molecular weight excluding hydrogens is 466 g/mol. The molecule has 2 amide bonds. The summed E-state index contributed by atoms with van der Waals surface area (Å²) < 4.78 is 58.4. The van der Waals surface area contributed by atoms with E-state index in [2.05, 4.69) is 15.6 Å². The summed E-state index contributed by atoms with van der Waals surface area (Å²) in [6.07, 6.45) is -1.72. The third-order valence-corrected chi connectivity index (χ3v) is 5.70. The van der Waals surface area contributed by atoms with Crippen LogP contribution in [0.1, 0.15) is 44.0 Å². The number of carbonyl (C=O) groups excluding carboxylic acids is 2. The minimum Gasteiger partial charge on any atom is -0.457 e. The summed E-state index contributed by atoms with van der Waals surface area (Å²) in [5, 5.41) is 5.24. The fraction of sp³-hybridized carbons (Fsp3) is 0.240. The standard InChI is InChI=1S/C25H21F4N3O3/c1-30-24(34)22-13-19(8-9-31-22)35-18-6-3-14-2-5-17(10-16(14)11-18)32-23(33)15-4-7-21(26)20(12-15)25(27,28)29/h3-4,6-9,11-13,17H,2,5,10H2,1H3,(H,30,34)(H,32,33). The topological polar surface area (TPSA) is 80.3 Å². The van der Waals surface area contributed by atoms with Crippen molar-refractivity contribution in [1.82, 2.24) is 15.6 Å². The number of hydrogen-bond donors (Lipinski definition) is 2. The van der Waals surface area contributed by atoms with Gasteiger partial charge in [0, 0.05) is 30.9 Å². The van der Waals surface area contributed by atoms with E-state index in [9.17, 15) is 27.2 Å². The molecule has 1 unspecified atom stereocenters. The molecule has 0 saturated heterocycles. The SMILES string of the molecule is CNC(=O)c1cc(Oc2ccc3c(c2)CC(NC(=O)c2ccc(F)c(C(F)(F)F)c2)CC3)ccn1. The minimum absolute atomic E-state index is 0.209. The predicted molar refractivity (Wildman–Crippen MR) is 119 cm³/mol. The van der Waals surface area contributed by atoms with Gasteiger partial charge in [0.15, 0.2) is 0 Å². The van der Waals surface area contributed by atoms with Crippen LogP contribution in [0.3, 0.4) is 0 Å². The number of amides is 2. The number of aromatic nitrogens is 1. The van der Waals surface area contributed by atoms with Crippen LogP contribution in [0.4, 0.5) is 17.6 Å². The normalized spacial score (nSPS) is 15.2. The molecule has 1 aliphatic rings. The van der Waals surface area contributed by atoms with Gasteiger partial charge in [-0.15, -0.1) is 0 Å². The second-order valence-corrected chi connectivity index (χ2v) is 8.09. The zero-order valence-electron chi connectivity index (χ0n) is 18.6. The molecule has 10 heteroatoms. The third kappa shape index (κ3) is 5.59. The number of aryl methyl sites for hydroxylation is 1. The Morgan fingerprint density at radius 3 is 2.51 bits per heavy atom. The Labute approximate surface area is 198 Å². The maximum Gasteiger partial charge on any atom is 0.419 e. The van der Waals surface area contributed by atoms with Crippen molar-refractivity contribution in [3.05, 3.63) is 88.5 Å². The predicted octanol–water partition coefficient (Wildman–Crippen LogP) is 4.68. The highest BCUT2D eigenvalue weighted by atomic mass is 19.4. The Kier molecular flexibility index (Phi) is 6.72. The Hall–Kier alpha value is -3.95. The molecule has 2 N–H and O–H groups in total. The van der Waals surface area contributed by atoms with Gasteiger partial charge in [0.05, 0.1) is 5.56 Å². The number of rotatable bonds is 5. The number of nitrogens with zero attached hydrogens (tertiary/aromatic N) is 1. The van der Waals surface area contributed by atoms with E-state index in [-0.39, 0.29) is 23.2 Å². The zero-order valence-corrected chi connectivity index (χ0v) is 18.6. The van der Waals surface area contributed by atoms with Crippen molar-refractivity contribution < 1.29 is 31.9 Å². The van der Waals surface area contributed by atoms with Crippen LogP contribution >= 0.6 is 0 Å². The first-order valence-corrected chi connectivity index (χ1v) is 10.8. The number of ether oxygens (including phenoxy) is 1. The molecule has 4 rings (SSSR count). The fourth-order valence-corrected chi connectivity index (χ4v) is 3.94. The van der Waals surface area contributed by atoms with E-state index in [1.165, 1.54) is 19.3 Å². The molecule has 0 fully saturated rings. The van der Waals surface area contributed by atoms with E-state index >= 15 is 0 Å². The average Bonchev–Trinajstić information content (AvgIpc) is 2.83. The number of hydrogen-bond acceptors (Lipinski definition) is 4. The smallest absolute Gasteiger partial charge is 0.419 e. The van der Waals surface area contributed by atoms with E-state index in [0.717, 1.165) is 17.2 Å². The number of carbonyl (C=O) groups is 2. The zero-order chi connectivity index (χ0) is 25.2. The number of pyridine rings is 1. The molecule has 0 saturated carbocycles. The third-order valence-electron chi connectivity index (χ3n) is 5.70. The van der Waals surface area contributed by atoms with Gasteiger partial charge in [0.1, 0.15) is 23.0 Å². The van der Waals surface area contributed by atoms with Crippen molar-refractivity contribution in [1.29, 1.82) is 0 Å². The minimum atomic E-state index is -4.89. The van der Waals surface area contributed by atoms with Crippen LogP contribution in [-0.4, -0.2) is 29.9 Å². The van der Waals surface area contributed by atoms with E-state index in [4.69, 9.17) is 4.74 Å². The molecule has 2 aromatic carbocycles. The van der Waals surface area contributed by atoms with Crippen molar-refractivity contribution in [2.24, 2.45) is 0 Å². The van der Waals surface area contributed by atoms with Gasteiger partial charge < -0.3 is 15.4 Å². The summed E-state index contributed by atoms with van der Waals surface area (Å²) in [5.74, 6) is -1.52. The van der Waals surface area contributed by atoms with Crippen LogP contribution in [0.2, 0.25) is 0 Å². The maximum absolute atomic E-state index is 13.5. The molecular formula is C25H21F4N3O3. The Morgan fingerprint density at radius 1 is 1.00 bits per heavy atom. The first-order valence-electron chi connectivity index (χ1n) is 10.8. The highest BCUT2D eigenvalue weighted by molar-refractivity contribution is 5.94. The molecule has 0 aliphatic heterocycles. The lowest BCUT2D eigenvalue weighted by Crippen LogP contribution is -2.39. The van der Waals surface area contributed by atoms with Gasteiger partial charge in [-0.2, -0.15) is 13.2 Å². The molecule has 1 aromatic heterocycles. The van der Waals surface area contributed by atoms with E-state index < -0.39 is 23.5 Å². The Bertz CT molecular complexity index is 1280. The molecule has 0 spiro atoms. The molecule has 182 valence electrons. The van der Waals surface area contributed by atoms with E-state index in [1.807, 2.05) is 12.1 Å². The van der Waals surface area contributed by atoms with Crippen molar-refractivity contribution >= 4 is 11.8 Å². The second kappa shape index (κ2) is 9.73. The lowest BCUT2D eigenvalue weighted by molar-refractivity contribution is -0.140. The molecule has 1 aliphatic carbocycles. The summed E-state index contributed by atoms with van der Waals surface area (Å²) in [7, 11) is 1.50. The van der Waals surface area contributed by atoms with Crippen LogP contribution in [0.15, 0.2) is 54.7 Å². The first-order chi connectivity index (χ1) is 16.6. The number of halogens is 4. The van der Waals surface area contributed by atoms with Crippen LogP contribution in [-0.2, 0) is 19.0 Å². The molecule has 0 bridgehead atoms. The fourth-order valence-electron chi connectivity index (χ4n) is 3.94. The first kappa shape index (κ1) is 24.2. The van der Waals surface area contributed by atoms with Crippen LogP contribution in [0, 0.1) is 5.82 Å². The van der Waals surface area contributed by atoms with Crippen LogP contribution in [0.25, 0.3) is 0 Å². The quantitative estimate of drug-likeness (QED) is 0.513. The Morgan fingerprint density at radius 2 is 1.77 bits per heavy atom. The highest BCUT2D eigenvalue weighted by Gasteiger charge is 2.35. The summed E-state index contributed by atoms with van der Waals surface area (Å²) in [4.78, 5) is 28.3. The number of alkyl halides is 3.